The molecule has 0 unspecified atom stereocenters. The van der Waals surface area contributed by atoms with Gasteiger partial charge in [0.15, 0.2) is 6.61 Å². The lowest BCUT2D eigenvalue weighted by Crippen LogP contribution is -2.37. The molecule has 1 aliphatic rings. The van der Waals surface area contributed by atoms with Gasteiger partial charge in [0.1, 0.15) is 5.75 Å². The molecule has 1 amide bonds. The summed E-state index contributed by atoms with van der Waals surface area (Å²) in [5, 5.41) is 3.50. The number of hydrogen-bond acceptors (Lipinski definition) is 4. The van der Waals surface area contributed by atoms with Gasteiger partial charge in [-0.15, -0.1) is 0 Å². The number of carbonyl (C=O) groups excluding carboxylic acids is 1. The Labute approximate surface area is 160 Å². The van der Waals surface area contributed by atoms with Gasteiger partial charge in [0.2, 0.25) is 0 Å². The fraction of sp³-hybridized carbons (Fsp3) is 0.278. The van der Waals surface area contributed by atoms with E-state index in [1.165, 1.54) is 0 Å². The van der Waals surface area contributed by atoms with Crippen molar-refractivity contribution in [3.63, 3.8) is 0 Å². The molecule has 1 saturated heterocycles. The van der Waals surface area contributed by atoms with Crippen LogP contribution in [0.5, 0.6) is 5.75 Å². The molecule has 25 heavy (non-hydrogen) atoms. The molecule has 1 fully saturated rings. The lowest BCUT2D eigenvalue weighted by molar-refractivity contribution is -0.118. The maximum absolute atomic E-state index is 12.3. The summed E-state index contributed by atoms with van der Waals surface area (Å²) in [6.07, 6.45) is 0. The van der Waals surface area contributed by atoms with Crippen molar-refractivity contribution in [1.29, 1.82) is 0 Å². The van der Waals surface area contributed by atoms with E-state index in [2.05, 4.69) is 26.1 Å². The number of ether oxygens (including phenoxy) is 2. The lowest BCUT2D eigenvalue weighted by atomic mass is 10.2. The summed E-state index contributed by atoms with van der Waals surface area (Å²) in [5.74, 6) is 0.401. The molecule has 2 aromatic carbocycles. The van der Waals surface area contributed by atoms with E-state index in [0.29, 0.717) is 29.7 Å². The summed E-state index contributed by atoms with van der Waals surface area (Å²) in [6.45, 7) is 2.69. The highest BCUT2D eigenvalue weighted by molar-refractivity contribution is 9.10. The minimum Gasteiger partial charge on any atom is -0.484 e. The van der Waals surface area contributed by atoms with Crippen LogP contribution < -0.4 is 15.0 Å². The Hall–Kier alpha value is -1.76. The molecular weight excluding hydrogens is 408 g/mol. The quantitative estimate of drug-likeness (QED) is 0.788. The summed E-state index contributed by atoms with van der Waals surface area (Å²) in [5.41, 5.74) is 1.50. The molecule has 1 N–H and O–H groups in total. The van der Waals surface area contributed by atoms with Gasteiger partial charge < -0.3 is 19.7 Å². The number of hydrogen-bond donors (Lipinski definition) is 1. The molecule has 0 aromatic heterocycles. The van der Waals surface area contributed by atoms with Crippen molar-refractivity contribution in [2.75, 3.05) is 43.1 Å². The second-order valence-corrected chi connectivity index (χ2v) is 6.85. The molecule has 7 heteroatoms. The normalized spacial score (nSPS) is 14.2. The molecule has 0 bridgehead atoms. The standard InChI is InChI=1S/C18H18BrClN2O3/c19-13-4-6-14(7-5-13)25-12-17(23)21-16-3-1-2-15(20)18(16)22-8-10-24-11-9-22/h1-7H,8-12H2,(H,21,23). The predicted molar refractivity (Wildman–Crippen MR) is 103 cm³/mol. The monoisotopic (exact) mass is 424 g/mol. The van der Waals surface area contributed by atoms with Crippen LogP contribution in [-0.2, 0) is 9.53 Å². The van der Waals surface area contributed by atoms with Crippen LogP contribution in [0.15, 0.2) is 46.9 Å². The van der Waals surface area contributed by atoms with E-state index in [4.69, 9.17) is 21.1 Å². The number of carbonyl (C=O) groups is 1. The molecular formula is C18H18BrClN2O3. The molecule has 3 rings (SSSR count). The number of para-hydroxylation sites is 1. The minimum atomic E-state index is -0.236. The highest BCUT2D eigenvalue weighted by Crippen LogP contribution is 2.34. The van der Waals surface area contributed by atoms with Crippen LogP contribution in [0.4, 0.5) is 11.4 Å². The van der Waals surface area contributed by atoms with Crippen LogP contribution in [0.25, 0.3) is 0 Å². The van der Waals surface area contributed by atoms with Gasteiger partial charge in [-0.3, -0.25) is 4.79 Å². The van der Waals surface area contributed by atoms with E-state index in [9.17, 15) is 4.79 Å². The van der Waals surface area contributed by atoms with Crippen LogP contribution in [0.3, 0.4) is 0 Å². The molecule has 2 aromatic rings. The largest absolute Gasteiger partial charge is 0.484 e. The third kappa shape index (κ3) is 4.87. The molecule has 0 atom stereocenters. The smallest absolute Gasteiger partial charge is 0.262 e. The second kappa shape index (κ2) is 8.56. The Bertz CT molecular complexity index is 734. The first kappa shape index (κ1) is 18.0. The van der Waals surface area contributed by atoms with Gasteiger partial charge in [-0.05, 0) is 36.4 Å². The number of morpholine rings is 1. The zero-order valence-electron chi connectivity index (χ0n) is 13.5. The topological polar surface area (TPSA) is 50.8 Å². The summed E-state index contributed by atoms with van der Waals surface area (Å²) in [4.78, 5) is 14.4. The molecule has 132 valence electrons. The van der Waals surface area contributed by atoms with Crippen LogP contribution >= 0.6 is 27.5 Å². The first-order valence-electron chi connectivity index (χ1n) is 7.93. The van der Waals surface area contributed by atoms with Crippen molar-refractivity contribution >= 4 is 44.8 Å². The number of anilines is 2. The number of rotatable bonds is 5. The number of nitrogens with one attached hydrogen (secondary N) is 1. The maximum Gasteiger partial charge on any atom is 0.262 e. The molecule has 0 aliphatic carbocycles. The van der Waals surface area contributed by atoms with Crippen molar-refractivity contribution in [2.45, 2.75) is 0 Å². The Morgan fingerprint density at radius 2 is 1.92 bits per heavy atom. The Morgan fingerprint density at radius 3 is 2.64 bits per heavy atom. The molecule has 0 saturated carbocycles. The maximum atomic E-state index is 12.3. The molecule has 0 spiro atoms. The van der Waals surface area contributed by atoms with E-state index in [1.54, 1.807) is 12.1 Å². The van der Waals surface area contributed by atoms with E-state index >= 15 is 0 Å². The summed E-state index contributed by atoms with van der Waals surface area (Å²) >= 11 is 9.73. The highest BCUT2D eigenvalue weighted by Gasteiger charge is 2.19. The average Bonchev–Trinajstić information content (AvgIpc) is 2.62. The second-order valence-electron chi connectivity index (χ2n) is 5.53. The summed E-state index contributed by atoms with van der Waals surface area (Å²) < 4.78 is 11.9. The molecule has 5 nitrogen and oxygen atoms in total. The van der Waals surface area contributed by atoms with Gasteiger partial charge in [-0.2, -0.15) is 0 Å². The minimum absolute atomic E-state index is 0.0727. The van der Waals surface area contributed by atoms with Crippen molar-refractivity contribution in [3.8, 4) is 5.75 Å². The van der Waals surface area contributed by atoms with Gasteiger partial charge in [0.05, 0.1) is 29.6 Å². The number of nitrogens with zero attached hydrogens (tertiary/aromatic N) is 1. The van der Waals surface area contributed by atoms with Crippen molar-refractivity contribution in [3.05, 3.63) is 52.0 Å². The number of halogens is 2. The zero-order chi connectivity index (χ0) is 17.6. The Morgan fingerprint density at radius 1 is 1.20 bits per heavy atom. The number of benzene rings is 2. The third-order valence-electron chi connectivity index (χ3n) is 3.77. The molecule has 1 aliphatic heterocycles. The molecule has 1 heterocycles. The zero-order valence-corrected chi connectivity index (χ0v) is 15.8. The van der Waals surface area contributed by atoms with E-state index in [-0.39, 0.29) is 12.5 Å². The fourth-order valence-electron chi connectivity index (χ4n) is 2.59. The number of amides is 1. The third-order valence-corrected chi connectivity index (χ3v) is 4.61. The highest BCUT2D eigenvalue weighted by atomic mass is 79.9. The van der Waals surface area contributed by atoms with Gasteiger partial charge >= 0.3 is 0 Å². The van der Waals surface area contributed by atoms with Crippen LogP contribution in [0.1, 0.15) is 0 Å². The van der Waals surface area contributed by atoms with Crippen molar-refractivity contribution in [2.24, 2.45) is 0 Å². The lowest BCUT2D eigenvalue weighted by Gasteiger charge is -2.31. The van der Waals surface area contributed by atoms with Gasteiger partial charge in [0, 0.05) is 17.6 Å². The van der Waals surface area contributed by atoms with Gasteiger partial charge in [0.25, 0.3) is 5.91 Å². The average molecular weight is 426 g/mol. The van der Waals surface area contributed by atoms with Gasteiger partial charge in [-0.25, -0.2) is 0 Å². The van der Waals surface area contributed by atoms with Crippen molar-refractivity contribution in [1.82, 2.24) is 0 Å². The SMILES string of the molecule is O=C(COc1ccc(Br)cc1)Nc1cccc(Cl)c1N1CCOCC1. The summed E-state index contributed by atoms with van der Waals surface area (Å²) in [7, 11) is 0. The first-order valence-corrected chi connectivity index (χ1v) is 9.10. The Kier molecular flexibility index (Phi) is 6.18. The molecule has 0 radical (unpaired) electrons. The van der Waals surface area contributed by atoms with Crippen molar-refractivity contribution < 1.29 is 14.3 Å². The van der Waals surface area contributed by atoms with E-state index in [1.807, 2.05) is 30.3 Å². The fourth-order valence-corrected chi connectivity index (χ4v) is 3.15. The van der Waals surface area contributed by atoms with Crippen LogP contribution in [0, 0.1) is 0 Å². The van der Waals surface area contributed by atoms with Crippen LogP contribution in [0.2, 0.25) is 5.02 Å². The van der Waals surface area contributed by atoms with Crippen LogP contribution in [-0.4, -0.2) is 38.8 Å². The van der Waals surface area contributed by atoms with E-state index in [0.717, 1.165) is 23.2 Å². The van der Waals surface area contributed by atoms with Gasteiger partial charge in [-0.1, -0.05) is 33.6 Å². The first-order chi connectivity index (χ1) is 12.1. The Balaban J connectivity index is 1.66. The predicted octanol–water partition coefficient (Wildman–Crippen LogP) is 3.96. The van der Waals surface area contributed by atoms with E-state index < -0.39 is 0 Å². The summed E-state index contributed by atoms with van der Waals surface area (Å²) in [6, 6.07) is 12.8.